The number of benzene rings is 3. The maximum Gasteiger partial charge on any atom is 0.264 e. The molecule has 4 nitrogen and oxygen atoms in total. The van der Waals surface area contributed by atoms with Gasteiger partial charge in [-0.15, -0.1) is 0 Å². The molecule has 0 spiro atoms. The van der Waals surface area contributed by atoms with Gasteiger partial charge in [-0.05, 0) is 65.9 Å². The van der Waals surface area contributed by atoms with E-state index in [1.807, 2.05) is 72.8 Å². The van der Waals surface area contributed by atoms with Gasteiger partial charge in [0.1, 0.15) is 11.5 Å². The van der Waals surface area contributed by atoms with E-state index in [0.29, 0.717) is 26.5 Å². The number of hydrogen-bond donors (Lipinski definition) is 1. The van der Waals surface area contributed by atoms with Gasteiger partial charge >= 0.3 is 0 Å². The molecule has 1 aliphatic rings. The summed E-state index contributed by atoms with van der Waals surface area (Å²) in [6.07, 6.45) is 1.82. The van der Waals surface area contributed by atoms with Crippen molar-refractivity contribution >= 4 is 46.2 Å². The number of hydrogen-bond acceptors (Lipinski definition) is 4. The molecule has 1 heterocycles. The Morgan fingerprint density at radius 1 is 0.929 bits per heavy atom. The lowest BCUT2D eigenvalue weighted by molar-refractivity contribution is -0.115. The van der Waals surface area contributed by atoms with Crippen LogP contribution < -0.4 is 10.1 Å². The van der Waals surface area contributed by atoms with Gasteiger partial charge in [0.2, 0.25) is 0 Å². The first-order valence-electron chi connectivity index (χ1n) is 8.54. The molecule has 1 amide bonds. The van der Waals surface area contributed by atoms with Gasteiger partial charge in [-0.1, -0.05) is 48.0 Å². The number of para-hydroxylation sites is 1. The van der Waals surface area contributed by atoms with E-state index in [-0.39, 0.29) is 5.91 Å². The van der Waals surface area contributed by atoms with Crippen molar-refractivity contribution in [1.29, 1.82) is 0 Å². The number of halogens is 1. The first-order chi connectivity index (χ1) is 13.7. The summed E-state index contributed by atoms with van der Waals surface area (Å²) in [5.74, 6) is 1.29. The standard InChI is InChI=1S/C22H15ClN2O2S/c23-16-7-5-8-17(14-16)24-22-25-21(26)20(28-22)13-15-6-4-11-19(12-15)27-18-9-2-1-3-10-18/h1-14H,(H,24,25,26)/b20-13+. The molecule has 0 aliphatic carbocycles. The summed E-state index contributed by atoms with van der Waals surface area (Å²) < 4.78 is 5.85. The molecule has 4 rings (SSSR count). The van der Waals surface area contributed by atoms with Gasteiger partial charge in [0.05, 0.1) is 10.6 Å². The van der Waals surface area contributed by atoms with Crippen molar-refractivity contribution in [3.63, 3.8) is 0 Å². The normalized spacial score (nSPS) is 16.4. The fourth-order valence-electron chi connectivity index (χ4n) is 2.59. The van der Waals surface area contributed by atoms with E-state index in [1.165, 1.54) is 11.8 Å². The molecule has 6 heteroatoms. The monoisotopic (exact) mass is 406 g/mol. The molecule has 0 aromatic heterocycles. The summed E-state index contributed by atoms with van der Waals surface area (Å²) in [6.45, 7) is 0. The molecule has 1 fully saturated rings. The van der Waals surface area contributed by atoms with Crippen LogP contribution in [0.1, 0.15) is 5.56 Å². The number of rotatable bonds is 4. The Kier molecular flexibility index (Phi) is 5.46. The summed E-state index contributed by atoms with van der Waals surface area (Å²) >= 11 is 7.27. The molecule has 28 heavy (non-hydrogen) atoms. The van der Waals surface area contributed by atoms with Crippen molar-refractivity contribution in [2.24, 2.45) is 4.99 Å². The van der Waals surface area contributed by atoms with Crippen LogP contribution in [0.25, 0.3) is 6.08 Å². The molecule has 1 N–H and O–H groups in total. The number of nitrogens with zero attached hydrogens (tertiary/aromatic N) is 1. The Morgan fingerprint density at radius 3 is 2.54 bits per heavy atom. The first-order valence-corrected chi connectivity index (χ1v) is 9.73. The molecular formula is C22H15ClN2O2S. The third-order valence-corrected chi connectivity index (χ3v) is 4.97. The number of aliphatic imine (C=N–C) groups is 1. The quantitative estimate of drug-likeness (QED) is 0.538. The van der Waals surface area contributed by atoms with Crippen LogP contribution in [0.15, 0.2) is 88.8 Å². The third kappa shape index (κ3) is 4.63. The zero-order valence-electron chi connectivity index (χ0n) is 14.6. The van der Waals surface area contributed by atoms with Gasteiger partial charge in [0, 0.05) is 5.02 Å². The molecular weight excluding hydrogens is 392 g/mol. The topological polar surface area (TPSA) is 50.7 Å². The minimum atomic E-state index is -0.180. The number of carbonyl (C=O) groups excluding carboxylic acids is 1. The van der Waals surface area contributed by atoms with Crippen LogP contribution in [0.3, 0.4) is 0 Å². The Hall–Kier alpha value is -3.02. The molecule has 3 aromatic rings. The SMILES string of the molecule is O=C1NC(=Nc2cccc(Cl)c2)S/C1=C/c1cccc(Oc2ccccc2)c1. The van der Waals surface area contributed by atoms with E-state index in [0.717, 1.165) is 11.3 Å². The van der Waals surface area contributed by atoms with Crippen LogP contribution >= 0.6 is 23.4 Å². The minimum absolute atomic E-state index is 0.180. The van der Waals surface area contributed by atoms with Crippen LogP contribution in [0.2, 0.25) is 5.02 Å². The maximum atomic E-state index is 12.3. The number of nitrogens with one attached hydrogen (secondary N) is 1. The Balaban J connectivity index is 1.52. The lowest BCUT2D eigenvalue weighted by Gasteiger charge is -2.06. The van der Waals surface area contributed by atoms with Crippen molar-refractivity contribution in [3.05, 3.63) is 94.4 Å². The highest BCUT2D eigenvalue weighted by molar-refractivity contribution is 8.18. The predicted octanol–water partition coefficient (Wildman–Crippen LogP) is 6.02. The highest BCUT2D eigenvalue weighted by atomic mass is 35.5. The van der Waals surface area contributed by atoms with Crippen molar-refractivity contribution in [3.8, 4) is 11.5 Å². The van der Waals surface area contributed by atoms with E-state index in [1.54, 1.807) is 12.1 Å². The van der Waals surface area contributed by atoms with E-state index in [2.05, 4.69) is 10.3 Å². The van der Waals surface area contributed by atoms with E-state index in [9.17, 15) is 4.79 Å². The highest BCUT2D eigenvalue weighted by Gasteiger charge is 2.23. The van der Waals surface area contributed by atoms with Gasteiger partial charge in [0.25, 0.3) is 5.91 Å². The number of ether oxygens (including phenoxy) is 1. The molecule has 0 radical (unpaired) electrons. The zero-order valence-corrected chi connectivity index (χ0v) is 16.2. The van der Waals surface area contributed by atoms with Gasteiger partial charge < -0.3 is 10.1 Å². The molecule has 0 bridgehead atoms. The number of amidine groups is 1. The molecule has 1 saturated heterocycles. The Labute approximate surface area is 171 Å². The highest BCUT2D eigenvalue weighted by Crippen LogP contribution is 2.30. The van der Waals surface area contributed by atoms with Crippen LogP contribution in [0, 0.1) is 0 Å². The fraction of sp³-hybridized carbons (Fsp3) is 0. The smallest absolute Gasteiger partial charge is 0.264 e. The second-order valence-electron chi connectivity index (χ2n) is 5.95. The molecule has 0 saturated carbocycles. The second kappa shape index (κ2) is 8.33. The lowest BCUT2D eigenvalue weighted by atomic mass is 10.2. The van der Waals surface area contributed by atoms with Crippen LogP contribution in [-0.2, 0) is 4.79 Å². The van der Waals surface area contributed by atoms with Crippen molar-refractivity contribution in [2.75, 3.05) is 0 Å². The Bertz CT molecular complexity index is 1080. The van der Waals surface area contributed by atoms with Crippen molar-refractivity contribution in [2.45, 2.75) is 0 Å². The minimum Gasteiger partial charge on any atom is -0.457 e. The molecule has 138 valence electrons. The first kappa shape index (κ1) is 18.3. The average molecular weight is 407 g/mol. The van der Waals surface area contributed by atoms with Gasteiger partial charge in [-0.25, -0.2) is 4.99 Å². The van der Waals surface area contributed by atoms with E-state index >= 15 is 0 Å². The van der Waals surface area contributed by atoms with Crippen LogP contribution in [0.5, 0.6) is 11.5 Å². The summed E-state index contributed by atoms with van der Waals surface area (Å²) in [5, 5.41) is 3.90. The van der Waals surface area contributed by atoms with Crippen molar-refractivity contribution in [1.82, 2.24) is 5.32 Å². The summed E-state index contributed by atoms with van der Waals surface area (Å²) in [6, 6.07) is 24.3. The van der Waals surface area contributed by atoms with Gasteiger partial charge in [-0.2, -0.15) is 0 Å². The summed E-state index contributed by atoms with van der Waals surface area (Å²) in [4.78, 5) is 17.3. The zero-order chi connectivity index (χ0) is 19.3. The average Bonchev–Trinajstić information content (AvgIpc) is 3.02. The van der Waals surface area contributed by atoms with Crippen LogP contribution in [0.4, 0.5) is 5.69 Å². The predicted molar refractivity (Wildman–Crippen MR) is 115 cm³/mol. The molecule has 0 unspecified atom stereocenters. The largest absolute Gasteiger partial charge is 0.457 e. The summed E-state index contributed by atoms with van der Waals surface area (Å²) in [7, 11) is 0. The lowest BCUT2D eigenvalue weighted by Crippen LogP contribution is -2.19. The maximum absolute atomic E-state index is 12.3. The number of carbonyl (C=O) groups is 1. The fourth-order valence-corrected chi connectivity index (χ4v) is 3.61. The van der Waals surface area contributed by atoms with E-state index < -0.39 is 0 Å². The van der Waals surface area contributed by atoms with Gasteiger partial charge in [-0.3, -0.25) is 4.79 Å². The van der Waals surface area contributed by atoms with Crippen LogP contribution in [-0.4, -0.2) is 11.1 Å². The molecule has 0 atom stereocenters. The third-order valence-electron chi connectivity index (χ3n) is 3.82. The van der Waals surface area contributed by atoms with Gasteiger partial charge in [0.15, 0.2) is 5.17 Å². The van der Waals surface area contributed by atoms with E-state index in [4.69, 9.17) is 16.3 Å². The second-order valence-corrected chi connectivity index (χ2v) is 7.42. The Morgan fingerprint density at radius 2 is 1.71 bits per heavy atom. The molecule has 1 aliphatic heterocycles. The molecule has 3 aromatic carbocycles. The summed E-state index contributed by atoms with van der Waals surface area (Å²) in [5.41, 5.74) is 1.56. The number of thioether (sulfide) groups is 1. The van der Waals surface area contributed by atoms with Crippen molar-refractivity contribution < 1.29 is 9.53 Å². The number of amides is 1.